The van der Waals surface area contributed by atoms with E-state index in [-0.39, 0.29) is 18.6 Å². The minimum atomic E-state index is -0.177. The fraction of sp³-hybridized carbons (Fsp3) is 0.333. The molecule has 9 heteroatoms. The first-order chi connectivity index (χ1) is 13.1. The molecule has 1 aromatic carbocycles. The number of likely N-dealkylation sites (tertiary alicyclic amines) is 1. The molecule has 3 aromatic rings. The third kappa shape index (κ3) is 3.66. The van der Waals surface area contributed by atoms with Gasteiger partial charge in [-0.2, -0.15) is 0 Å². The molecule has 1 fully saturated rings. The molecule has 2 N–H and O–H groups in total. The van der Waals surface area contributed by atoms with E-state index in [2.05, 4.69) is 25.5 Å². The molecule has 4 rings (SSSR count). The van der Waals surface area contributed by atoms with Gasteiger partial charge in [-0.3, -0.25) is 0 Å². The quantitative estimate of drug-likeness (QED) is 0.715. The first-order valence-electron chi connectivity index (χ1n) is 8.75. The number of urea groups is 1. The van der Waals surface area contributed by atoms with Crippen LogP contribution >= 0.6 is 11.6 Å². The van der Waals surface area contributed by atoms with E-state index >= 15 is 0 Å². The summed E-state index contributed by atoms with van der Waals surface area (Å²) in [4.78, 5) is 22.2. The van der Waals surface area contributed by atoms with Crippen LogP contribution in [0.15, 0.2) is 34.9 Å². The average molecular weight is 387 g/mol. The molecular weight excluding hydrogens is 368 g/mol. The number of aryl methyl sites for hydroxylation is 1. The lowest BCUT2D eigenvalue weighted by atomic mass is 10.2. The Balaban J connectivity index is 1.47. The number of carbonyl (C=O) groups is 1. The highest BCUT2D eigenvalue weighted by Crippen LogP contribution is 2.33. The fourth-order valence-electron chi connectivity index (χ4n) is 3.28. The maximum absolute atomic E-state index is 12.6. The SMILES string of the molecule is Cc1nnc(CNC(=O)N2CCCC2c2ncc(-c3ccccc3Cl)[nH]2)o1. The summed E-state index contributed by atoms with van der Waals surface area (Å²) in [6.45, 7) is 2.58. The lowest BCUT2D eigenvalue weighted by molar-refractivity contribution is 0.189. The molecule has 1 aliphatic rings. The fourth-order valence-corrected chi connectivity index (χ4v) is 3.52. The Labute approximate surface area is 160 Å². The predicted octanol–water partition coefficient (Wildman–Crippen LogP) is 3.47. The predicted molar refractivity (Wildman–Crippen MR) is 99.0 cm³/mol. The van der Waals surface area contributed by atoms with Gasteiger partial charge < -0.3 is 19.6 Å². The summed E-state index contributed by atoms with van der Waals surface area (Å²) < 4.78 is 5.29. The standard InChI is InChI=1S/C18H19ClN6O2/c1-11-23-24-16(27-11)10-21-18(26)25-8-4-7-15(25)17-20-9-14(22-17)12-5-2-3-6-13(12)19/h2-3,5-6,9,15H,4,7-8,10H2,1H3,(H,20,22)(H,21,26). The van der Waals surface area contributed by atoms with E-state index in [1.807, 2.05) is 24.3 Å². The summed E-state index contributed by atoms with van der Waals surface area (Å²) >= 11 is 6.27. The van der Waals surface area contributed by atoms with Gasteiger partial charge in [-0.05, 0) is 18.9 Å². The molecule has 140 valence electrons. The molecule has 0 spiro atoms. The molecule has 27 heavy (non-hydrogen) atoms. The molecule has 2 amide bonds. The molecule has 0 radical (unpaired) electrons. The van der Waals surface area contributed by atoms with Crippen molar-refractivity contribution in [2.75, 3.05) is 6.54 Å². The molecule has 0 bridgehead atoms. The Morgan fingerprint density at radius 2 is 2.26 bits per heavy atom. The zero-order valence-corrected chi connectivity index (χ0v) is 15.5. The van der Waals surface area contributed by atoms with Gasteiger partial charge in [-0.15, -0.1) is 10.2 Å². The zero-order chi connectivity index (χ0) is 18.8. The van der Waals surface area contributed by atoms with Crippen molar-refractivity contribution < 1.29 is 9.21 Å². The third-order valence-corrected chi connectivity index (χ3v) is 4.88. The summed E-state index contributed by atoms with van der Waals surface area (Å²) in [5, 5.41) is 11.1. The molecule has 1 aliphatic heterocycles. The normalized spacial score (nSPS) is 16.7. The average Bonchev–Trinajstić information content (AvgIpc) is 3.40. The van der Waals surface area contributed by atoms with Gasteiger partial charge >= 0.3 is 6.03 Å². The number of nitrogens with zero attached hydrogens (tertiary/aromatic N) is 4. The number of aromatic amines is 1. The largest absolute Gasteiger partial charge is 0.424 e. The molecule has 1 unspecified atom stereocenters. The maximum Gasteiger partial charge on any atom is 0.318 e. The molecule has 8 nitrogen and oxygen atoms in total. The van der Waals surface area contributed by atoms with Crippen LogP contribution in [0.3, 0.4) is 0 Å². The number of rotatable bonds is 4. The number of nitrogens with one attached hydrogen (secondary N) is 2. The summed E-state index contributed by atoms with van der Waals surface area (Å²) in [7, 11) is 0. The van der Waals surface area contributed by atoms with Crippen molar-refractivity contribution in [3.8, 4) is 11.3 Å². The number of carbonyl (C=O) groups excluding carboxylic acids is 1. The number of halogens is 1. The Bertz CT molecular complexity index is 953. The van der Waals surface area contributed by atoms with E-state index in [1.54, 1.807) is 18.0 Å². The number of H-pyrrole nitrogens is 1. The van der Waals surface area contributed by atoms with Crippen LogP contribution in [0.4, 0.5) is 4.79 Å². The van der Waals surface area contributed by atoms with Crippen molar-refractivity contribution in [3.63, 3.8) is 0 Å². The summed E-state index contributed by atoms with van der Waals surface area (Å²) in [6.07, 6.45) is 3.52. The van der Waals surface area contributed by atoms with E-state index in [4.69, 9.17) is 16.0 Å². The molecule has 1 atom stereocenters. The minimum Gasteiger partial charge on any atom is -0.424 e. The van der Waals surface area contributed by atoms with Crippen LogP contribution in [0.1, 0.15) is 36.5 Å². The number of hydrogen-bond acceptors (Lipinski definition) is 5. The number of aromatic nitrogens is 4. The van der Waals surface area contributed by atoms with Gasteiger partial charge in [0.15, 0.2) is 0 Å². The molecular formula is C18H19ClN6O2. The van der Waals surface area contributed by atoms with E-state index in [0.717, 1.165) is 29.9 Å². The van der Waals surface area contributed by atoms with E-state index < -0.39 is 0 Å². The molecule has 0 saturated carbocycles. The van der Waals surface area contributed by atoms with E-state index in [9.17, 15) is 4.79 Å². The minimum absolute atomic E-state index is 0.106. The number of hydrogen-bond donors (Lipinski definition) is 2. The first kappa shape index (κ1) is 17.5. The van der Waals surface area contributed by atoms with Crippen molar-refractivity contribution in [2.24, 2.45) is 0 Å². The van der Waals surface area contributed by atoms with Gasteiger partial charge in [-0.25, -0.2) is 9.78 Å². The monoisotopic (exact) mass is 386 g/mol. The van der Waals surface area contributed by atoms with Crippen LogP contribution in [0, 0.1) is 6.92 Å². The van der Waals surface area contributed by atoms with Crippen LogP contribution in [-0.4, -0.2) is 37.6 Å². The first-order valence-corrected chi connectivity index (χ1v) is 9.13. The summed E-state index contributed by atoms with van der Waals surface area (Å²) in [5.41, 5.74) is 1.72. The summed E-state index contributed by atoms with van der Waals surface area (Å²) in [6, 6.07) is 7.31. The van der Waals surface area contributed by atoms with Crippen LogP contribution in [0.5, 0.6) is 0 Å². The Morgan fingerprint density at radius 3 is 3.04 bits per heavy atom. The van der Waals surface area contributed by atoms with E-state index in [1.165, 1.54) is 0 Å². The van der Waals surface area contributed by atoms with Gasteiger partial charge in [0.2, 0.25) is 11.8 Å². The van der Waals surface area contributed by atoms with Crippen molar-refractivity contribution >= 4 is 17.6 Å². The van der Waals surface area contributed by atoms with Crippen molar-refractivity contribution in [1.82, 2.24) is 30.4 Å². The van der Waals surface area contributed by atoms with Crippen LogP contribution < -0.4 is 5.32 Å². The molecule has 3 heterocycles. The molecule has 1 saturated heterocycles. The smallest absolute Gasteiger partial charge is 0.318 e. The van der Waals surface area contributed by atoms with E-state index in [0.29, 0.717) is 23.3 Å². The molecule has 0 aliphatic carbocycles. The Morgan fingerprint density at radius 1 is 1.41 bits per heavy atom. The number of imidazole rings is 1. The highest BCUT2D eigenvalue weighted by atomic mass is 35.5. The van der Waals surface area contributed by atoms with Crippen molar-refractivity contribution in [1.29, 1.82) is 0 Å². The van der Waals surface area contributed by atoms with Gasteiger partial charge in [-0.1, -0.05) is 29.8 Å². The number of benzene rings is 1. The third-order valence-electron chi connectivity index (χ3n) is 4.55. The lowest BCUT2D eigenvalue weighted by Crippen LogP contribution is -2.39. The van der Waals surface area contributed by atoms with Crippen LogP contribution in [0.25, 0.3) is 11.3 Å². The second kappa shape index (κ2) is 7.40. The highest BCUT2D eigenvalue weighted by Gasteiger charge is 2.32. The van der Waals surface area contributed by atoms with Gasteiger partial charge in [0.1, 0.15) is 5.82 Å². The lowest BCUT2D eigenvalue weighted by Gasteiger charge is -2.23. The highest BCUT2D eigenvalue weighted by molar-refractivity contribution is 6.33. The second-order valence-electron chi connectivity index (χ2n) is 6.39. The zero-order valence-electron chi connectivity index (χ0n) is 14.8. The van der Waals surface area contributed by atoms with Crippen LogP contribution in [0.2, 0.25) is 5.02 Å². The Hall–Kier alpha value is -2.87. The molecule has 2 aromatic heterocycles. The Kier molecular flexibility index (Phi) is 4.81. The van der Waals surface area contributed by atoms with Crippen molar-refractivity contribution in [3.05, 3.63) is 53.1 Å². The van der Waals surface area contributed by atoms with Gasteiger partial charge in [0.05, 0.1) is 24.5 Å². The topological polar surface area (TPSA) is 99.9 Å². The van der Waals surface area contributed by atoms with Crippen LogP contribution in [-0.2, 0) is 6.54 Å². The maximum atomic E-state index is 12.6. The van der Waals surface area contributed by atoms with Crippen molar-refractivity contribution in [2.45, 2.75) is 32.4 Å². The van der Waals surface area contributed by atoms with Gasteiger partial charge in [0, 0.05) is 24.1 Å². The summed E-state index contributed by atoms with van der Waals surface area (Å²) in [5.74, 6) is 1.61. The second-order valence-corrected chi connectivity index (χ2v) is 6.79. The van der Waals surface area contributed by atoms with Gasteiger partial charge in [0.25, 0.3) is 0 Å². The number of amides is 2.